The molecule has 0 bridgehead atoms. The summed E-state index contributed by atoms with van der Waals surface area (Å²) in [5, 5.41) is 0. The number of hydrogen-bond acceptors (Lipinski definition) is 1. The molecular formula is C14H12F2O. The van der Waals surface area contributed by atoms with Crippen LogP contribution in [0.5, 0.6) is 5.75 Å². The number of halogens is 2. The number of aryl methyl sites for hydroxylation is 1. The molecule has 1 nitrogen and oxygen atoms in total. The quantitative estimate of drug-likeness (QED) is 0.783. The molecule has 0 aromatic heterocycles. The molecule has 2 aromatic carbocycles. The Kier molecular flexibility index (Phi) is 3.38. The van der Waals surface area contributed by atoms with Gasteiger partial charge in [-0.25, -0.2) is 8.78 Å². The molecule has 0 aliphatic rings. The van der Waals surface area contributed by atoms with Crippen LogP contribution >= 0.6 is 0 Å². The first-order chi connectivity index (χ1) is 8.15. The average Bonchev–Trinajstić information content (AvgIpc) is 2.30. The molecular weight excluding hydrogens is 222 g/mol. The molecule has 0 unspecified atom stereocenters. The Labute approximate surface area is 98.7 Å². The number of rotatable bonds is 3. The van der Waals surface area contributed by atoms with Crippen LogP contribution in [0.25, 0.3) is 0 Å². The minimum Gasteiger partial charge on any atom is -0.489 e. The zero-order valence-corrected chi connectivity index (χ0v) is 9.41. The van der Waals surface area contributed by atoms with Crippen molar-refractivity contribution in [2.45, 2.75) is 13.5 Å². The Morgan fingerprint density at radius 1 is 1.00 bits per heavy atom. The van der Waals surface area contributed by atoms with E-state index in [1.165, 1.54) is 24.3 Å². The minimum absolute atomic E-state index is 0.224. The van der Waals surface area contributed by atoms with Crippen LogP contribution < -0.4 is 4.74 Å². The fourth-order valence-corrected chi connectivity index (χ4v) is 1.52. The molecule has 0 N–H and O–H groups in total. The molecule has 2 aromatic rings. The lowest BCUT2D eigenvalue weighted by molar-refractivity contribution is 0.302. The molecule has 3 heteroatoms. The smallest absolute Gasteiger partial charge is 0.126 e. The van der Waals surface area contributed by atoms with Crippen LogP contribution in [-0.2, 0) is 6.61 Å². The third-order valence-electron chi connectivity index (χ3n) is 2.43. The average molecular weight is 234 g/mol. The number of hydrogen-bond donors (Lipinski definition) is 0. The molecule has 0 saturated heterocycles. The zero-order valence-electron chi connectivity index (χ0n) is 9.41. The van der Waals surface area contributed by atoms with E-state index in [9.17, 15) is 8.78 Å². The Morgan fingerprint density at radius 3 is 2.53 bits per heavy atom. The van der Waals surface area contributed by atoms with Gasteiger partial charge in [-0.2, -0.15) is 0 Å². The molecule has 0 saturated carbocycles. The van der Waals surface area contributed by atoms with Crippen molar-refractivity contribution >= 4 is 0 Å². The fourth-order valence-electron chi connectivity index (χ4n) is 1.52. The van der Waals surface area contributed by atoms with Gasteiger partial charge in [-0.3, -0.25) is 0 Å². The first-order valence-electron chi connectivity index (χ1n) is 5.28. The maximum Gasteiger partial charge on any atom is 0.126 e. The van der Waals surface area contributed by atoms with Gasteiger partial charge in [0, 0.05) is 6.07 Å². The molecule has 0 radical (unpaired) electrons. The summed E-state index contributed by atoms with van der Waals surface area (Å²) in [7, 11) is 0. The third-order valence-corrected chi connectivity index (χ3v) is 2.43. The van der Waals surface area contributed by atoms with Gasteiger partial charge >= 0.3 is 0 Å². The Hall–Kier alpha value is -1.90. The summed E-state index contributed by atoms with van der Waals surface area (Å²) in [6.45, 7) is 2.06. The van der Waals surface area contributed by atoms with E-state index in [1.54, 1.807) is 18.2 Å². The van der Waals surface area contributed by atoms with E-state index in [-0.39, 0.29) is 18.2 Å². The first-order valence-corrected chi connectivity index (χ1v) is 5.28. The lowest BCUT2D eigenvalue weighted by atomic mass is 10.2. The van der Waals surface area contributed by atoms with Gasteiger partial charge in [0.15, 0.2) is 0 Å². The van der Waals surface area contributed by atoms with E-state index in [4.69, 9.17) is 4.74 Å². The van der Waals surface area contributed by atoms with Crippen LogP contribution in [-0.4, -0.2) is 0 Å². The van der Waals surface area contributed by atoms with Gasteiger partial charge in [0.05, 0.1) is 0 Å². The lowest BCUT2D eigenvalue weighted by Crippen LogP contribution is -1.97. The van der Waals surface area contributed by atoms with Crippen molar-refractivity contribution in [3.63, 3.8) is 0 Å². The van der Waals surface area contributed by atoms with Crippen LogP contribution in [0.2, 0.25) is 0 Å². The Morgan fingerprint density at radius 2 is 1.76 bits per heavy atom. The molecule has 0 aliphatic carbocycles. The van der Waals surface area contributed by atoms with Gasteiger partial charge in [0.25, 0.3) is 0 Å². The van der Waals surface area contributed by atoms with Crippen molar-refractivity contribution in [1.29, 1.82) is 0 Å². The van der Waals surface area contributed by atoms with Gasteiger partial charge < -0.3 is 4.74 Å². The molecule has 2 rings (SSSR count). The predicted molar refractivity (Wildman–Crippen MR) is 61.9 cm³/mol. The Balaban J connectivity index is 2.09. The fraction of sp³-hybridized carbons (Fsp3) is 0.143. The highest BCUT2D eigenvalue weighted by Gasteiger charge is 2.02. The second-order valence-electron chi connectivity index (χ2n) is 3.83. The normalized spacial score (nSPS) is 10.3. The van der Waals surface area contributed by atoms with E-state index in [2.05, 4.69) is 0 Å². The number of benzene rings is 2. The molecule has 0 spiro atoms. The lowest BCUT2D eigenvalue weighted by Gasteiger charge is -2.09. The van der Waals surface area contributed by atoms with Crippen LogP contribution in [0.15, 0.2) is 42.5 Å². The topological polar surface area (TPSA) is 9.23 Å². The van der Waals surface area contributed by atoms with E-state index >= 15 is 0 Å². The summed E-state index contributed by atoms with van der Waals surface area (Å²) < 4.78 is 31.4. The zero-order chi connectivity index (χ0) is 12.3. The molecule has 0 aliphatic heterocycles. The first kappa shape index (κ1) is 11.6. The van der Waals surface area contributed by atoms with E-state index in [0.29, 0.717) is 11.3 Å². The maximum atomic E-state index is 13.0. The second-order valence-corrected chi connectivity index (χ2v) is 3.83. The summed E-state index contributed by atoms with van der Waals surface area (Å²) >= 11 is 0. The van der Waals surface area contributed by atoms with Crippen LogP contribution in [0.4, 0.5) is 8.78 Å². The summed E-state index contributed by atoms with van der Waals surface area (Å²) in [5.74, 6) is -0.166. The summed E-state index contributed by atoms with van der Waals surface area (Å²) in [6.07, 6.45) is 0. The van der Waals surface area contributed by atoms with Crippen LogP contribution in [0, 0.1) is 18.6 Å². The molecule has 0 heterocycles. The van der Waals surface area contributed by atoms with Gasteiger partial charge in [0.1, 0.15) is 24.0 Å². The highest BCUT2D eigenvalue weighted by Crippen LogP contribution is 2.20. The molecule has 0 atom stereocenters. The maximum absolute atomic E-state index is 13.0. The predicted octanol–water partition coefficient (Wildman–Crippen LogP) is 3.85. The third kappa shape index (κ3) is 3.03. The second kappa shape index (κ2) is 4.95. The SMILES string of the molecule is Cc1ccc(F)cc1OCc1cccc(F)c1. The van der Waals surface area contributed by atoms with Gasteiger partial charge in [-0.05, 0) is 36.2 Å². The summed E-state index contributed by atoms with van der Waals surface area (Å²) in [6, 6.07) is 10.5. The monoisotopic (exact) mass is 234 g/mol. The van der Waals surface area contributed by atoms with Crippen molar-refractivity contribution in [2.75, 3.05) is 0 Å². The van der Waals surface area contributed by atoms with Gasteiger partial charge in [0.2, 0.25) is 0 Å². The minimum atomic E-state index is -0.343. The molecule has 88 valence electrons. The van der Waals surface area contributed by atoms with Gasteiger partial charge in [-0.1, -0.05) is 18.2 Å². The highest BCUT2D eigenvalue weighted by molar-refractivity contribution is 5.33. The van der Waals surface area contributed by atoms with Crippen molar-refractivity contribution < 1.29 is 13.5 Å². The summed E-state index contributed by atoms with van der Waals surface area (Å²) in [4.78, 5) is 0. The standard InChI is InChI=1S/C14H12F2O/c1-10-5-6-13(16)8-14(10)17-9-11-3-2-4-12(15)7-11/h2-8H,9H2,1H3. The summed E-state index contributed by atoms with van der Waals surface area (Å²) in [5.41, 5.74) is 1.57. The van der Waals surface area contributed by atoms with E-state index in [0.717, 1.165) is 5.56 Å². The van der Waals surface area contributed by atoms with Crippen LogP contribution in [0.1, 0.15) is 11.1 Å². The van der Waals surface area contributed by atoms with Crippen molar-refractivity contribution in [3.05, 3.63) is 65.2 Å². The van der Waals surface area contributed by atoms with E-state index in [1.807, 2.05) is 6.92 Å². The Bertz CT molecular complexity index is 523. The van der Waals surface area contributed by atoms with Crippen molar-refractivity contribution in [1.82, 2.24) is 0 Å². The van der Waals surface area contributed by atoms with E-state index < -0.39 is 0 Å². The highest BCUT2D eigenvalue weighted by atomic mass is 19.1. The molecule has 0 fully saturated rings. The largest absolute Gasteiger partial charge is 0.489 e. The van der Waals surface area contributed by atoms with Gasteiger partial charge in [-0.15, -0.1) is 0 Å². The van der Waals surface area contributed by atoms with Crippen LogP contribution in [0.3, 0.4) is 0 Å². The number of ether oxygens (including phenoxy) is 1. The molecule has 17 heavy (non-hydrogen) atoms. The molecule has 0 amide bonds. The van der Waals surface area contributed by atoms with Crippen molar-refractivity contribution in [3.8, 4) is 5.75 Å². The van der Waals surface area contributed by atoms with Crippen molar-refractivity contribution in [2.24, 2.45) is 0 Å².